The van der Waals surface area contributed by atoms with Gasteiger partial charge in [-0.15, -0.1) is 0 Å². The van der Waals surface area contributed by atoms with Crippen molar-refractivity contribution in [2.45, 2.75) is 0 Å². The second-order valence-electron chi connectivity index (χ2n) is 4.96. The van der Waals surface area contributed by atoms with Gasteiger partial charge in [0.1, 0.15) is 16.8 Å². The molecule has 0 bridgehead atoms. The van der Waals surface area contributed by atoms with E-state index in [1.807, 2.05) is 24.3 Å². The molecule has 25 heavy (non-hydrogen) atoms. The molecule has 0 unspecified atom stereocenters. The van der Waals surface area contributed by atoms with Crippen molar-refractivity contribution in [2.24, 2.45) is 5.16 Å². The minimum Gasteiger partial charge on any atom is -0.311 e. The maximum absolute atomic E-state index is 12.3. The van der Waals surface area contributed by atoms with Crippen LogP contribution in [0.1, 0.15) is 15.9 Å². The average molecular weight is 415 g/mol. The minimum absolute atomic E-state index is 0.00763. The van der Waals surface area contributed by atoms with Crippen molar-refractivity contribution in [3.63, 3.8) is 0 Å². The number of halogens is 2. The number of hydrogen-bond acceptors (Lipinski definition) is 5. The Kier molecular flexibility index (Phi) is 5.08. The largest absolute Gasteiger partial charge is 0.368 e. The molecule has 0 atom stereocenters. The molecule has 0 aliphatic rings. The molecular weight excluding hydrogens is 406 g/mol. The Morgan fingerprint density at radius 1 is 1.20 bits per heavy atom. The first kappa shape index (κ1) is 17.1. The van der Waals surface area contributed by atoms with E-state index in [1.54, 1.807) is 36.4 Å². The number of nitriles is 1. The Bertz CT molecular complexity index is 1030. The van der Waals surface area contributed by atoms with E-state index in [2.05, 4.69) is 26.1 Å². The fourth-order valence-electron chi connectivity index (χ4n) is 2.14. The van der Waals surface area contributed by atoms with Gasteiger partial charge in [-0.3, -0.25) is 0 Å². The topological polar surface area (TPSA) is 75.3 Å². The van der Waals surface area contributed by atoms with Crippen LogP contribution in [0, 0.1) is 11.3 Å². The van der Waals surface area contributed by atoms with Crippen molar-refractivity contribution in [1.82, 2.24) is 4.98 Å². The zero-order valence-electron chi connectivity index (χ0n) is 12.6. The fourth-order valence-corrected chi connectivity index (χ4v) is 2.74. The number of carbonyl (C=O) groups excluding carboxylic acids is 1. The first-order valence-corrected chi connectivity index (χ1v) is 8.26. The molecule has 0 N–H and O–H groups in total. The van der Waals surface area contributed by atoms with Crippen LogP contribution in [0.2, 0.25) is 5.15 Å². The van der Waals surface area contributed by atoms with Gasteiger partial charge in [-0.25, -0.2) is 9.78 Å². The monoisotopic (exact) mass is 413 g/mol. The average Bonchev–Trinajstić information content (AvgIpc) is 2.62. The molecule has 7 heteroatoms. The number of carbonyl (C=O) groups is 1. The predicted molar refractivity (Wildman–Crippen MR) is 98.5 cm³/mol. The molecule has 1 heterocycles. The van der Waals surface area contributed by atoms with Gasteiger partial charge in [0.15, 0.2) is 5.71 Å². The highest BCUT2D eigenvalue weighted by molar-refractivity contribution is 9.10. The van der Waals surface area contributed by atoms with Gasteiger partial charge in [-0.05, 0) is 24.3 Å². The molecule has 0 aliphatic heterocycles. The van der Waals surface area contributed by atoms with Crippen LogP contribution in [0.25, 0.3) is 10.9 Å². The van der Waals surface area contributed by atoms with E-state index in [4.69, 9.17) is 16.4 Å². The summed E-state index contributed by atoms with van der Waals surface area (Å²) >= 11 is 9.43. The van der Waals surface area contributed by atoms with Crippen LogP contribution in [0.5, 0.6) is 0 Å². The lowest BCUT2D eigenvalue weighted by Crippen LogP contribution is -2.06. The number of nitrogens with zero attached hydrogens (tertiary/aromatic N) is 3. The molecule has 0 saturated carbocycles. The van der Waals surface area contributed by atoms with Crippen LogP contribution in [0.4, 0.5) is 0 Å². The lowest BCUT2D eigenvalue weighted by Gasteiger charge is -2.04. The molecule has 2 aromatic carbocycles. The molecule has 3 rings (SSSR count). The van der Waals surface area contributed by atoms with E-state index in [-0.39, 0.29) is 16.4 Å². The van der Waals surface area contributed by atoms with Gasteiger partial charge in [-0.1, -0.05) is 63.0 Å². The highest BCUT2D eigenvalue weighted by Crippen LogP contribution is 2.24. The SMILES string of the molecule is N#C/C(=N\OC(=O)c1cc2cc(Br)ccc2nc1Cl)c1ccccc1. The Balaban J connectivity index is 1.91. The van der Waals surface area contributed by atoms with Crippen molar-refractivity contribution >= 4 is 50.1 Å². The number of aromatic nitrogens is 1. The quantitative estimate of drug-likeness (QED) is 0.269. The van der Waals surface area contributed by atoms with Crippen molar-refractivity contribution in [3.8, 4) is 6.07 Å². The smallest absolute Gasteiger partial charge is 0.311 e. The number of pyridine rings is 1. The maximum Gasteiger partial charge on any atom is 0.368 e. The summed E-state index contributed by atoms with van der Waals surface area (Å²) in [6.07, 6.45) is 0. The summed E-state index contributed by atoms with van der Waals surface area (Å²) in [5, 5.41) is 13.5. The zero-order chi connectivity index (χ0) is 17.8. The Hall–Kier alpha value is -2.75. The Labute approximate surface area is 156 Å². The van der Waals surface area contributed by atoms with Crippen LogP contribution in [0.15, 0.2) is 64.2 Å². The summed E-state index contributed by atoms with van der Waals surface area (Å²) < 4.78 is 0.845. The molecule has 122 valence electrons. The van der Waals surface area contributed by atoms with Crippen molar-refractivity contribution in [3.05, 3.63) is 75.4 Å². The molecule has 3 aromatic rings. The van der Waals surface area contributed by atoms with Crippen LogP contribution in [-0.4, -0.2) is 16.7 Å². The van der Waals surface area contributed by atoms with Gasteiger partial charge in [-0.2, -0.15) is 5.26 Å². The molecule has 0 aliphatic carbocycles. The van der Waals surface area contributed by atoms with Crippen molar-refractivity contribution in [1.29, 1.82) is 5.26 Å². The third kappa shape index (κ3) is 3.85. The summed E-state index contributed by atoms with van der Waals surface area (Å²) in [4.78, 5) is 21.3. The second-order valence-corrected chi connectivity index (χ2v) is 6.23. The molecule has 0 fully saturated rings. The number of hydrogen-bond donors (Lipinski definition) is 0. The lowest BCUT2D eigenvalue weighted by molar-refractivity contribution is 0.0517. The highest BCUT2D eigenvalue weighted by Gasteiger charge is 2.16. The van der Waals surface area contributed by atoms with Gasteiger partial charge in [0, 0.05) is 15.4 Å². The fraction of sp³-hybridized carbons (Fsp3) is 0. The molecule has 0 amide bonds. The number of benzene rings is 2. The van der Waals surface area contributed by atoms with Crippen LogP contribution in [0.3, 0.4) is 0 Å². The molecule has 0 spiro atoms. The summed E-state index contributed by atoms with van der Waals surface area (Å²) in [6.45, 7) is 0. The van der Waals surface area contributed by atoms with E-state index in [9.17, 15) is 10.1 Å². The molecule has 0 radical (unpaired) electrons. The molecular formula is C18H9BrClN3O2. The normalized spacial score (nSPS) is 11.2. The van der Waals surface area contributed by atoms with Gasteiger partial charge in [0.25, 0.3) is 0 Å². The summed E-state index contributed by atoms with van der Waals surface area (Å²) in [6, 6.07) is 17.6. The van der Waals surface area contributed by atoms with Gasteiger partial charge < -0.3 is 4.84 Å². The summed E-state index contributed by atoms with van der Waals surface area (Å²) in [7, 11) is 0. The standard InChI is InChI=1S/C18H9BrClN3O2/c19-13-6-7-15-12(8-13)9-14(17(20)22-15)18(24)25-23-16(10-21)11-4-2-1-3-5-11/h1-9H/b23-16+. The van der Waals surface area contributed by atoms with Crippen molar-refractivity contribution < 1.29 is 9.63 Å². The summed E-state index contributed by atoms with van der Waals surface area (Å²) in [5.74, 6) is -0.789. The Morgan fingerprint density at radius 3 is 2.68 bits per heavy atom. The van der Waals surface area contributed by atoms with Crippen LogP contribution in [-0.2, 0) is 4.84 Å². The second kappa shape index (κ2) is 7.43. The van der Waals surface area contributed by atoms with Crippen LogP contribution < -0.4 is 0 Å². The number of rotatable bonds is 3. The highest BCUT2D eigenvalue weighted by atomic mass is 79.9. The third-order valence-electron chi connectivity index (χ3n) is 3.32. The molecule has 0 saturated heterocycles. The first-order valence-electron chi connectivity index (χ1n) is 7.09. The van der Waals surface area contributed by atoms with Gasteiger partial charge in [0.05, 0.1) is 5.52 Å². The molecule has 1 aromatic heterocycles. The summed E-state index contributed by atoms with van der Waals surface area (Å²) in [5.41, 5.74) is 1.25. The third-order valence-corrected chi connectivity index (χ3v) is 4.10. The minimum atomic E-state index is -0.789. The van der Waals surface area contributed by atoms with Gasteiger partial charge >= 0.3 is 5.97 Å². The zero-order valence-corrected chi connectivity index (χ0v) is 15.0. The number of fused-ring (bicyclic) bond motifs is 1. The Morgan fingerprint density at radius 2 is 1.96 bits per heavy atom. The van der Waals surface area contributed by atoms with Gasteiger partial charge in [0.2, 0.25) is 0 Å². The lowest BCUT2D eigenvalue weighted by atomic mass is 10.1. The number of oxime groups is 1. The van der Waals surface area contributed by atoms with E-state index in [1.165, 1.54) is 0 Å². The van der Waals surface area contributed by atoms with Crippen LogP contribution >= 0.6 is 27.5 Å². The van der Waals surface area contributed by atoms with E-state index in [0.717, 1.165) is 9.86 Å². The van der Waals surface area contributed by atoms with E-state index < -0.39 is 5.97 Å². The van der Waals surface area contributed by atoms with E-state index in [0.29, 0.717) is 11.1 Å². The van der Waals surface area contributed by atoms with Crippen molar-refractivity contribution in [2.75, 3.05) is 0 Å². The molecule has 5 nitrogen and oxygen atoms in total. The maximum atomic E-state index is 12.3. The predicted octanol–water partition coefficient (Wildman–Crippen LogP) is 4.74. The van der Waals surface area contributed by atoms with E-state index >= 15 is 0 Å². The first-order chi connectivity index (χ1) is 12.1.